The van der Waals surface area contributed by atoms with E-state index in [0.29, 0.717) is 21.8 Å². The maximum Gasteiger partial charge on any atom is 0.270 e. The largest absolute Gasteiger partial charge is 0.410 e. The van der Waals surface area contributed by atoms with E-state index in [2.05, 4.69) is 5.16 Å². The van der Waals surface area contributed by atoms with Gasteiger partial charge in [-0.25, -0.2) is 0 Å². The van der Waals surface area contributed by atoms with Crippen LogP contribution in [-0.4, -0.2) is 15.8 Å². The number of hydrogen-bond donors (Lipinski definition) is 2. The van der Waals surface area contributed by atoms with Crippen LogP contribution in [0.2, 0.25) is 5.02 Å². The molecule has 20 heavy (non-hydrogen) atoms. The van der Waals surface area contributed by atoms with E-state index in [1.807, 2.05) is 0 Å². The van der Waals surface area contributed by atoms with Gasteiger partial charge in [-0.05, 0) is 29.3 Å². The van der Waals surface area contributed by atoms with Crippen molar-refractivity contribution in [2.45, 2.75) is 0 Å². The number of anilines is 1. The van der Waals surface area contributed by atoms with Crippen molar-refractivity contribution in [1.82, 2.24) is 0 Å². The van der Waals surface area contributed by atoms with Crippen molar-refractivity contribution in [3.05, 3.63) is 56.6 Å². The van der Waals surface area contributed by atoms with E-state index in [0.717, 1.165) is 11.1 Å². The second kappa shape index (κ2) is 4.21. The summed E-state index contributed by atoms with van der Waals surface area (Å²) in [5.41, 5.74) is 8.83. The summed E-state index contributed by atoms with van der Waals surface area (Å²) in [5, 5.41) is 23.7. The molecule has 7 heteroatoms. The first kappa shape index (κ1) is 12.4. The molecule has 0 spiro atoms. The molecule has 1 aliphatic rings. The molecule has 0 atom stereocenters. The number of nitrogens with two attached hydrogens (primary N) is 1. The van der Waals surface area contributed by atoms with Crippen LogP contribution in [0.25, 0.3) is 11.1 Å². The Labute approximate surface area is 118 Å². The molecule has 2 aromatic carbocycles. The average Bonchev–Trinajstić information content (AvgIpc) is 2.71. The van der Waals surface area contributed by atoms with Crippen LogP contribution < -0.4 is 5.73 Å². The molecule has 3 rings (SSSR count). The zero-order valence-electron chi connectivity index (χ0n) is 10.0. The number of hydrogen-bond acceptors (Lipinski definition) is 5. The molecule has 2 aromatic rings. The Bertz CT molecular complexity index is 787. The third kappa shape index (κ3) is 1.62. The number of oxime groups is 1. The summed E-state index contributed by atoms with van der Waals surface area (Å²) in [6.07, 6.45) is 0. The second-order valence-electron chi connectivity index (χ2n) is 4.35. The number of nitrogen functional groups attached to an aromatic ring is 1. The molecule has 0 aromatic heterocycles. The molecule has 6 nitrogen and oxygen atoms in total. The van der Waals surface area contributed by atoms with Gasteiger partial charge >= 0.3 is 0 Å². The van der Waals surface area contributed by atoms with Crippen LogP contribution in [0.15, 0.2) is 35.5 Å². The fraction of sp³-hybridized carbons (Fsp3) is 0. The van der Waals surface area contributed by atoms with E-state index < -0.39 is 4.92 Å². The molecule has 0 amide bonds. The molecular weight excluding hydrogens is 282 g/mol. The van der Waals surface area contributed by atoms with E-state index in [1.165, 1.54) is 12.1 Å². The van der Waals surface area contributed by atoms with Gasteiger partial charge in [0, 0.05) is 23.3 Å². The fourth-order valence-electron chi connectivity index (χ4n) is 2.34. The second-order valence-corrected chi connectivity index (χ2v) is 4.76. The Morgan fingerprint density at radius 3 is 2.50 bits per heavy atom. The summed E-state index contributed by atoms with van der Waals surface area (Å²) < 4.78 is 0. The van der Waals surface area contributed by atoms with Crippen LogP contribution in [0.3, 0.4) is 0 Å². The molecule has 0 aliphatic heterocycles. The molecule has 0 unspecified atom stereocenters. The fourth-order valence-corrected chi connectivity index (χ4v) is 2.50. The molecule has 0 heterocycles. The van der Waals surface area contributed by atoms with E-state index in [1.54, 1.807) is 18.2 Å². The summed E-state index contributed by atoms with van der Waals surface area (Å²) in [6.45, 7) is 0. The number of nitro benzene ring substituents is 1. The van der Waals surface area contributed by atoms with Gasteiger partial charge in [0.2, 0.25) is 0 Å². The van der Waals surface area contributed by atoms with Crippen LogP contribution >= 0.6 is 11.6 Å². The molecule has 0 radical (unpaired) electrons. The van der Waals surface area contributed by atoms with Gasteiger partial charge in [-0.1, -0.05) is 16.8 Å². The lowest BCUT2D eigenvalue weighted by atomic mass is 10.1. The van der Waals surface area contributed by atoms with E-state index >= 15 is 0 Å². The Balaban J connectivity index is 2.32. The van der Waals surface area contributed by atoms with E-state index in [9.17, 15) is 15.3 Å². The van der Waals surface area contributed by atoms with Crippen LogP contribution in [0.4, 0.5) is 11.4 Å². The Hall–Kier alpha value is -2.60. The van der Waals surface area contributed by atoms with Crippen LogP contribution in [-0.2, 0) is 0 Å². The van der Waals surface area contributed by atoms with Gasteiger partial charge in [0.25, 0.3) is 5.69 Å². The highest BCUT2D eigenvalue weighted by molar-refractivity contribution is 6.35. The number of nitro groups is 1. The lowest BCUT2D eigenvalue weighted by Crippen LogP contribution is -2.00. The number of non-ortho nitro benzene ring substituents is 1. The summed E-state index contributed by atoms with van der Waals surface area (Å²) in [7, 11) is 0. The first-order valence-electron chi connectivity index (χ1n) is 5.63. The third-order valence-electron chi connectivity index (χ3n) is 3.25. The normalized spacial score (nSPS) is 14.2. The molecule has 1 aliphatic carbocycles. The van der Waals surface area contributed by atoms with Gasteiger partial charge in [-0.3, -0.25) is 10.1 Å². The minimum absolute atomic E-state index is 0.0724. The summed E-state index contributed by atoms with van der Waals surface area (Å²) in [5.74, 6) is 0. The van der Waals surface area contributed by atoms with Crippen LogP contribution in [0.1, 0.15) is 11.1 Å². The maximum absolute atomic E-state index is 10.8. The first-order valence-corrected chi connectivity index (χ1v) is 6.01. The highest BCUT2D eigenvalue weighted by Crippen LogP contribution is 2.41. The predicted molar refractivity (Wildman–Crippen MR) is 75.4 cm³/mol. The minimum Gasteiger partial charge on any atom is -0.410 e. The molecule has 0 saturated carbocycles. The number of benzene rings is 2. The molecule has 0 bridgehead atoms. The predicted octanol–water partition coefficient (Wildman–Crippen LogP) is 3.04. The quantitative estimate of drug-likeness (QED) is 0.311. The van der Waals surface area contributed by atoms with Crippen molar-refractivity contribution in [2.75, 3.05) is 5.73 Å². The smallest absolute Gasteiger partial charge is 0.270 e. The molecular formula is C13H8ClN3O3. The summed E-state index contributed by atoms with van der Waals surface area (Å²) in [4.78, 5) is 10.3. The molecule has 0 saturated heterocycles. The van der Waals surface area contributed by atoms with Crippen LogP contribution in [0.5, 0.6) is 0 Å². The summed E-state index contributed by atoms with van der Waals surface area (Å²) in [6, 6.07) is 7.63. The lowest BCUT2D eigenvalue weighted by molar-refractivity contribution is -0.384. The zero-order valence-corrected chi connectivity index (χ0v) is 10.8. The molecule has 100 valence electrons. The Kier molecular flexibility index (Phi) is 2.62. The zero-order chi connectivity index (χ0) is 14.4. The van der Waals surface area contributed by atoms with Crippen molar-refractivity contribution in [2.24, 2.45) is 5.16 Å². The van der Waals surface area contributed by atoms with Gasteiger partial charge in [0.1, 0.15) is 5.71 Å². The third-order valence-corrected chi connectivity index (χ3v) is 3.58. The maximum atomic E-state index is 10.8. The van der Waals surface area contributed by atoms with Crippen molar-refractivity contribution in [1.29, 1.82) is 0 Å². The van der Waals surface area contributed by atoms with Gasteiger partial charge < -0.3 is 10.9 Å². The van der Waals surface area contributed by atoms with Crippen molar-refractivity contribution in [3.63, 3.8) is 0 Å². The van der Waals surface area contributed by atoms with E-state index in [4.69, 9.17) is 17.3 Å². The van der Waals surface area contributed by atoms with Crippen molar-refractivity contribution >= 4 is 28.7 Å². The monoisotopic (exact) mass is 289 g/mol. The van der Waals surface area contributed by atoms with Crippen molar-refractivity contribution in [3.8, 4) is 11.1 Å². The topological polar surface area (TPSA) is 102 Å². The summed E-state index contributed by atoms with van der Waals surface area (Å²) >= 11 is 6.00. The standard InChI is InChI=1S/C13H8ClN3O3/c14-11-4-8-7-2-1-6(17(19)20)3-9(7)13(16-18)10(8)5-12(11)15/h1-5,18H,15H2/b16-13+. The van der Waals surface area contributed by atoms with E-state index in [-0.39, 0.29) is 11.4 Å². The molecule has 3 N–H and O–H groups in total. The number of halogens is 1. The highest BCUT2D eigenvalue weighted by atomic mass is 35.5. The Morgan fingerprint density at radius 2 is 1.85 bits per heavy atom. The van der Waals surface area contributed by atoms with Crippen LogP contribution in [0, 0.1) is 10.1 Å². The molecule has 0 fully saturated rings. The van der Waals surface area contributed by atoms with Gasteiger partial charge in [-0.15, -0.1) is 0 Å². The van der Waals surface area contributed by atoms with Gasteiger partial charge in [0.15, 0.2) is 0 Å². The van der Waals surface area contributed by atoms with Gasteiger partial charge in [-0.2, -0.15) is 0 Å². The number of nitrogens with zero attached hydrogens (tertiary/aromatic N) is 2. The number of rotatable bonds is 1. The lowest BCUT2D eigenvalue weighted by Gasteiger charge is -2.03. The average molecular weight is 290 g/mol. The number of fused-ring (bicyclic) bond motifs is 3. The van der Waals surface area contributed by atoms with Gasteiger partial charge in [0.05, 0.1) is 15.6 Å². The van der Waals surface area contributed by atoms with Crippen molar-refractivity contribution < 1.29 is 10.1 Å². The Morgan fingerprint density at radius 1 is 1.15 bits per heavy atom. The highest BCUT2D eigenvalue weighted by Gasteiger charge is 2.28. The minimum atomic E-state index is -0.500. The first-order chi connectivity index (χ1) is 9.52. The SMILES string of the molecule is Nc1cc2c(cc1Cl)-c1ccc([N+](=O)[O-])cc1/C2=N\O.